The van der Waals surface area contributed by atoms with Crippen molar-refractivity contribution in [2.45, 2.75) is 6.42 Å². The number of rotatable bonds is 4. The molecule has 0 unspecified atom stereocenters. The molecule has 0 spiro atoms. The molecule has 21 heavy (non-hydrogen) atoms. The highest BCUT2D eigenvalue weighted by Crippen LogP contribution is 2.24. The Bertz CT molecular complexity index is 746. The van der Waals surface area contributed by atoms with Crippen LogP contribution in [-0.2, 0) is 6.42 Å². The summed E-state index contributed by atoms with van der Waals surface area (Å²) in [4.78, 5) is 15.1. The first kappa shape index (κ1) is 13.9. The first-order valence-corrected chi connectivity index (χ1v) is 7.53. The summed E-state index contributed by atoms with van der Waals surface area (Å²) in [6.07, 6.45) is 8.27. The molecule has 0 radical (unpaired) electrons. The Morgan fingerprint density at radius 1 is 1.10 bits per heavy atom. The number of aromatic nitrogens is 3. The molecule has 3 heterocycles. The van der Waals surface area contributed by atoms with Crippen molar-refractivity contribution >= 4 is 32.7 Å². The molecule has 3 rings (SSSR count). The van der Waals surface area contributed by atoms with Crippen molar-refractivity contribution in [3.8, 4) is 0 Å². The second kappa shape index (κ2) is 6.18. The highest BCUT2D eigenvalue weighted by atomic mass is 79.9. The second-order valence-corrected chi connectivity index (χ2v) is 5.79. The number of nitrogens with zero attached hydrogens (tertiary/aromatic N) is 4. The Kier molecular flexibility index (Phi) is 4.10. The van der Waals surface area contributed by atoms with Gasteiger partial charge in [0.25, 0.3) is 0 Å². The fourth-order valence-corrected chi connectivity index (χ4v) is 2.59. The summed E-state index contributed by atoms with van der Waals surface area (Å²) in [6, 6.07) is 8.10. The second-order valence-electron chi connectivity index (χ2n) is 4.88. The number of likely N-dealkylation sites (N-methyl/N-ethyl adjacent to an activating group) is 1. The van der Waals surface area contributed by atoms with Crippen LogP contribution in [0.25, 0.3) is 11.0 Å². The van der Waals surface area contributed by atoms with E-state index in [0.717, 1.165) is 34.2 Å². The number of pyridine rings is 3. The number of anilines is 1. The molecule has 0 aliphatic carbocycles. The molecule has 0 aromatic carbocycles. The van der Waals surface area contributed by atoms with E-state index in [1.165, 1.54) is 5.56 Å². The maximum absolute atomic E-state index is 4.50. The van der Waals surface area contributed by atoms with Crippen molar-refractivity contribution in [2.75, 3.05) is 18.5 Å². The molecule has 0 aliphatic heterocycles. The maximum atomic E-state index is 4.50. The van der Waals surface area contributed by atoms with Gasteiger partial charge in [-0.25, -0.2) is 0 Å². The van der Waals surface area contributed by atoms with Gasteiger partial charge in [0.15, 0.2) is 0 Å². The molecule has 5 heteroatoms. The van der Waals surface area contributed by atoms with E-state index in [0.29, 0.717) is 0 Å². The Morgan fingerprint density at radius 2 is 1.90 bits per heavy atom. The summed E-state index contributed by atoms with van der Waals surface area (Å²) in [5.74, 6) is 0. The highest BCUT2D eigenvalue weighted by Gasteiger charge is 2.08. The number of halogens is 1. The van der Waals surface area contributed by atoms with E-state index in [1.54, 1.807) is 0 Å². The average molecular weight is 343 g/mol. The smallest absolute Gasteiger partial charge is 0.112 e. The first-order valence-electron chi connectivity index (χ1n) is 6.74. The van der Waals surface area contributed by atoms with Crippen molar-refractivity contribution in [1.82, 2.24) is 15.0 Å². The van der Waals surface area contributed by atoms with Crippen LogP contribution in [0.15, 0.2) is 53.5 Å². The summed E-state index contributed by atoms with van der Waals surface area (Å²) < 4.78 is 0.944. The molecule has 0 bridgehead atoms. The molecule has 0 atom stereocenters. The van der Waals surface area contributed by atoms with E-state index in [4.69, 9.17) is 0 Å². The summed E-state index contributed by atoms with van der Waals surface area (Å²) in [7, 11) is 2.08. The van der Waals surface area contributed by atoms with E-state index in [1.807, 2.05) is 49.1 Å². The lowest BCUT2D eigenvalue weighted by molar-refractivity contribution is 0.876. The molecule has 0 N–H and O–H groups in total. The Labute approximate surface area is 132 Å². The van der Waals surface area contributed by atoms with Gasteiger partial charge in [-0.05, 0) is 52.2 Å². The molecule has 0 fully saturated rings. The van der Waals surface area contributed by atoms with Gasteiger partial charge in [0.1, 0.15) is 5.52 Å². The molecule has 0 saturated heterocycles. The monoisotopic (exact) mass is 342 g/mol. The number of hydrogen-bond donors (Lipinski definition) is 0. The van der Waals surface area contributed by atoms with Gasteiger partial charge in [-0.3, -0.25) is 15.0 Å². The Hall–Kier alpha value is -2.01. The van der Waals surface area contributed by atoms with Crippen molar-refractivity contribution in [3.63, 3.8) is 0 Å². The molecule has 0 saturated carbocycles. The highest BCUT2D eigenvalue weighted by molar-refractivity contribution is 9.10. The predicted molar refractivity (Wildman–Crippen MR) is 88.4 cm³/mol. The zero-order chi connectivity index (χ0) is 14.7. The zero-order valence-electron chi connectivity index (χ0n) is 11.7. The van der Waals surface area contributed by atoms with Crippen LogP contribution in [0.2, 0.25) is 0 Å². The van der Waals surface area contributed by atoms with Crippen LogP contribution in [0.3, 0.4) is 0 Å². The van der Waals surface area contributed by atoms with E-state index in [-0.39, 0.29) is 0 Å². The van der Waals surface area contributed by atoms with Crippen molar-refractivity contribution in [2.24, 2.45) is 0 Å². The Balaban J connectivity index is 1.83. The van der Waals surface area contributed by atoms with Crippen LogP contribution < -0.4 is 4.90 Å². The third-order valence-corrected chi connectivity index (χ3v) is 3.85. The minimum atomic E-state index is 0.901. The largest absolute Gasteiger partial charge is 0.372 e. The van der Waals surface area contributed by atoms with Crippen molar-refractivity contribution < 1.29 is 0 Å². The fourth-order valence-electron chi connectivity index (χ4n) is 2.27. The summed E-state index contributed by atoms with van der Waals surface area (Å²) >= 11 is 3.43. The van der Waals surface area contributed by atoms with E-state index in [2.05, 4.69) is 42.8 Å². The SMILES string of the molecule is CN(CCc1ccncc1)c1ccnc2cc(Br)cnc12. The minimum Gasteiger partial charge on any atom is -0.372 e. The van der Waals surface area contributed by atoms with Gasteiger partial charge in [0.2, 0.25) is 0 Å². The van der Waals surface area contributed by atoms with Gasteiger partial charge in [-0.2, -0.15) is 0 Å². The third kappa shape index (κ3) is 3.19. The number of hydrogen-bond acceptors (Lipinski definition) is 4. The lowest BCUT2D eigenvalue weighted by Crippen LogP contribution is -2.20. The predicted octanol–water partition coefficient (Wildman–Crippen LogP) is 3.47. The van der Waals surface area contributed by atoms with Crippen LogP contribution in [0.1, 0.15) is 5.56 Å². The Morgan fingerprint density at radius 3 is 2.71 bits per heavy atom. The van der Waals surface area contributed by atoms with Crippen LogP contribution >= 0.6 is 15.9 Å². The van der Waals surface area contributed by atoms with Gasteiger partial charge in [-0.15, -0.1) is 0 Å². The summed E-state index contributed by atoms with van der Waals surface area (Å²) in [5.41, 5.74) is 4.21. The molecule has 106 valence electrons. The fraction of sp³-hybridized carbons (Fsp3) is 0.188. The van der Waals surface area contributed by atoms with Gasteiger partial charge in [0.05, 0.1) is 11.2 Å². The van der Waals surface area contributed by atoms with E-state index < -0.39 is 0 Å². The van der Waals surface area contributed by atoms with Gasteiger partial charge >= 0.3 is 0 Å². The lowest BCUT2D eigenvalue weighted by Gasteiger charge is -2.20. The maximum Gasteiger partial charge on any atom is 0.112 e. The summed E-state index contributed by atoms with van der Waals surface area (Å²) in [5, 5.41) is 0. The number of fused-ring (bicyclic) bond motifs is 1. The molecular weight excluding hydrogens is 328 g/mol. The molecule has 4 nitrogen and oxygen atoms in total. The van der Waals surface area contributed by atoms with Crippen LogP contribution in [0.4, 0.5) is 5.69 Å². The molecule has 3 aromatic heterocycles. The van der Waals surface area contributed by atoms with Crippen molar-refractivity contribution in [3.05, 3.63) is 59.1 Å². The van der Waals surface area contributed by atoms with E-state index >= 15 is 0 Å². The van der Waals surface area contributed by atoms with Crippen molar-refractivity contribution in [1.29, 1.82) is 0 Å². The topological polar surface area (TPSA) is 41.9 Å². The summed E-state index contributed by atoms with van der Waals surface area (Å²) in [6.45, 7) is 0.918. The molecule has 0 amide bonds. The quantitative estimate of drug-likeness (QED) is 0.728. The molecular formula is C16H15BrN4. The molecule has 0 aliphatic rings. The normalized spacial score (nSPS) is 10.8. The zero-order valence-corrected chi connectivity index (χ0v) is 13.3. The van der Waals surface area contributed by atoms with Gasteiger partial charge < -0.3 is 4.90 Å². The van der Waals surface area contributed by atoms with Crippen LogP contribution in [0.5, 0.6) is 0 Å². The minimum absolute atomic E-state index is 0.901. The first-order chi connectivity index (χ1) is 10.2. The van der Waals surface area contributed by atoms with Crippen LogP contribution in [-0.4, -0.2) is 28.5 Å². The lowest BCUT2D eigenvalue weighted by atomic mass is 10.2. The van der Waals surface area contributed by atoms with Crippen LogP contribution in [0, 0.1) is 0 Å². The standard InChI is InChI=1S/C16H15BrN4/c1-21(9-5-12-2-6-18-7-3-12)15-4-8-19-14-10-13(17)11-20-16(14)15/h2-4,6-8,10-11H,5,9H2,1H3. The average Bonchev–Trinajstić information content (AvgIpc) is 2.52. The third-order valence-electron chi connectivity index (χ3n) is 3.42. The molecule has 3 aromatic rings. The van der Waals surface area contributed by atoms with E-state index in [9.17, 15) is 0 Å². The van der Waals surface area contributed by atoms with Gasteiger partial charge in [0, 0.05) is 42.9 Å². The van der Waals surface area contributed by atoms with Gasteiger partial charge in [-0.1, -0.05) is 0 Å².